The van der Waals surface area contributed by atoms with Crippen molar-refractivity contribution in [3.63, 3.8) is 0 Å². The van der Waals surface area contributed by atoms with Crippen LogP contribution >= 0.6 is 0 Å². The second-order valence-corrected chi connectivity index (χ2v) is 7.04. The number of hydrogen-bond acceptors (Lipinski definition) is 6. The summed E-state index contributed by atoms with van der Waals surface area (Å²) in [6, 6.07) is 4.38. The van der Waals surface area contributed by atoms with E-state index in [1.54, 1.807) is 6.92 Å². The van der Waals surface area contributed by atoms with Gasteiger partial charge in [-0.2, -0.15) is 0 Å². The highest BCUT2D eigenvalue weighted by Crippen LogP contribution is 2.27. The zero-order chi connectivity index (χ0) is 17.9. The van der Waals surface area contributed by atoms with Gasteiger partial charge in [-0.15, -0.1) is 0 Å². The number of carbonyl (C=O) groups is 1. The molecular formula is C19H24N4O3. The van der Waals surface area contributed by atoms with Crippen molar-refractivity contribution in [3.8, 4) is 0 Å². The molecule has 0 N–H and O–H groups in total. The third-order valence-electron chi connectivity index (χ3n) is 5.41. The Kier molecular flexibility index (Phi) is 4.99. The molecule has 7 heteroatoms. The number of aryl methyl sites for hydroxylation is 1. The Labute approximate surface area is 153 Å². The molecule has 26 heavy (non-hydrogen) atoms. The minimum absolute atomic E-state index is 0.0625. The van der Waals surface area contributed by atoms with Crippen LogP contribution < -0.4 is 0 Å². The maximum atomic E-state index is 12.8. The van der Waals surface area contributed by atoms with Crippen molar-refractivity contribution in [1.82, 2.24) is 19.8 Å². The van der Waals surface area contributed by atoms with Crippen molar-refractivity contribution in [2.75, 3.05) is 32.8 Å². The molecule has 2 aliphatic rings. The van der Waals surface area contributed by atoms with Crippen molar-refractivity contribution in [3.05, 3.63) is 47.9 Å². The third-order valence-corrected chi connectivity index (χ3v) is 5.41. The molecule has 2 atom stereocenters. The number of fused-ring (bicyclic) bond motifs is 1. The van der Waals surface area contributed by atoms with Gasteiger partial charge in [-0.3, -0.25) is 14.7 Å². The number of oxazole rings is 1. The first-order valence-electron chi connectivity index (χ1n) is 9.12. The number of pyridine rings is 1. The molecule has 2 aromatic heterocycles. The Morgan fingerprint density at radius 2 is 2.15 bits per heavy atom. The quantitative estimate of drug-likeness (QED) is 0.834. The van der Waals surface area contributed by atoms with Crippen LogP contribution in [0.4, 0.5) is 0 Å². The lowest BCUT2D eigenvalue weighted by Crippen LogP contribution is -2.54. The van der Waals surface area contributed by atoms with E-state index in [4.69, 9.17) is 9.15 Å². The molecule has 4 rings (SSSR count). The van der Waals surface area contributed by atoms with Gasteiger partial charge >= 0.3 is 0 Å². The summed E-state index contributed by atoms with van der Waals surface area (Å²) < 4.78 is 11.1. The minimum Gasteiger partial charge on any atom is -0.438 e. The zero-order valence-electron chi connectivity index (χ0n) is 15.0. The molecule has 0 unspecified atom stereocenters. The van der Waals surface area contributed by atoms with Crippen LogP contribution in [-0.2, 0) is 11.3 Å². The highest BCUT2D eigenvalue weighted by Gasteiger charge is 2.37. The number of aromatic nitrogens is 2. The Balaban J connectivity index is 1.52. The molecule has 4 heterocycles. The SMILES string of the molecule is Cc1ncoc1C(=O)N1CC[C@@H]2COCCN(Cc3ccncc3)[C@@H]2C1. The summed E-state index contributed by atoms with van der Waals surface area (Å²) in [5.74, 6) is 0.737. The Morgan fingerprint density at radius 1 is 1.31 bits per heavy atom. The van der Waals surface area contributed by atoms with E-state index in [1.165, 1.54) is 12.0 Å². The van der Waals surface area contributed by atoms with Crippen LogP contribution in [0.3, 0.4) is 0 Å². The van der Waals surface area contributed by atoms with E-state index in [-0.39, 0.29) is 11.9 Å². The molecular weight excluding hydrogens is 332 g/mol. The average Bonchev–Trinajstić information content (AvgIpc) is 3.00. The van der Waals surface area contributed by atoms with Gasteiger partial charge in [0, 0.05) is 50.5 Å². The number of piperidine rings is 1. The number of nitrogens with zero attached hydrogens (tertiary/aromatic N) is 4. The van der Waals surface area contributed by atoms with Gasteiger partial charge in [-0.05, 0) is 31.0 Å². The van der Waals surface area contributed by atoms with E-state index in [0.717, 1.165) is 39.3 Å². The van der Waals surface area contributed by atoms with Gasteiger partial charge in [0.1, 0.15) is 0 Å². The summed E-state index contributed by atoms with van der Waals surface area (Å²) in [4.78, 5) is 25.3. The largest absolute Gasteiger partial charge is 0.438 e. The van der Waals surface area contributed by atoms with Crippen LogP contribution in [0.1, 0.15) is 28.2 Å². The Morgan fingerprint density at radius 3 is 2.92 bits per heavy atom. The molecule has 7 nitrogen and oxygen atoms in total. The standard InChI is InChI=1S/C19H24N4O3/c1-14-18(26-13-21-14)19(24)23-7-4-16-12-25-9-8-22(17(16)11-23)10-15-2-5-20-6-3-15/h2-3,5-6,13,16-17H,4,7-12H2,1H3/t16-,17-/m1/s1. The molecule has 0 aromatic carbocycles. The van der Waals surface area contributed by atoms with E-state index in [9.17, 15) is 4.79 Å². The molecule has 0 bridgehead atoms. The van der Waals surface area contributed by atoms with Crippen molar-refractivity contribution in [2.24, 2.45) is 5.92 Å². The lowest BCUT2D eigenvalue weighted by molar-refractivity contribution is 0.0349. The summed E-state index contributed by atoms with van der Waals surface area (Å²) in [7, 11) is 0. The van der Waals surface area contributed by atoms with Crippen LogP contribution in [0.15, 0.2) is 35.3 Å². The van der Waals surface area contributed by atoms with E-state index < -0.39 is 0 Å². The van der Waals surface area contributed by atoms with Gasteiger partial charge < -0.3 is 14.1 Å². The summed E-state index contributed by atoms with van der Waals surface area (Å²) in [6.07, 6.45) is 5.93. The highest BCUT2D eigenvalue weighted by atomic mass is 16.5. The van der Waals surface area contributed by atoms with E-state index in [0.29, 0.717) is 23.9 Å². The van der Waals surface area contributed by atoms with E-state index in [2.05, 4.69) is 14.9 Å². The molecule has 0 radical (unpaired) electrons. The second-order valence-electron chi connectivity index (χ2n) is 7.04. The average molecular weight is 356 g/mol. The monoisotopic (exact) mass is 356 g/mol. The Bertz CT molecular complexity index is 748. The van der Waals surface area contributed by atoms with Gasteiger partial charge in [0.05, 0.1) is 18.9 Å². The van der Waals surface area contributed by atoms with Crippen LogP contribution in [0, 0.1) is 12.8 Å². The van der Waals surface area contributed by atoms with E-state index in [1.807, 2.05) is 29.4 Å². The van der Waals surface area contributed by atoms with Gasteiger partial charge in [0.25, 0.3) is 5.91 Å². The number of amides is 1. The topological polar surface area (TPSA) is 71.7 Å². The first kappa shape index (κ1) is 17.2. The fourth-order valence-electron chi connectivity index (χ4n) is 3.92. The van der Waals surface area contributed by atoms with Crippen molar-refractivity contribution < 1.29 is 13.9 Å². The molecule has 138 valence electrons. The van der Waals surface area contributed by atoms with Crippen molar-refractivity contribution in [1.29, 1.82) is 0 Å². The number of likely N-dealkylation sites (tertiary alicyclic amines) is 1. The van der Waals surface area contributed by atoms with Gasteiger partial charge in [0.15, 0.2) is 6.39 Å². The highest BCUT2D eigenvalue weighted by molar-refractivity contribution is 5.92. The lowest BCUT2D eigenvalue weighted by Gasteiger charge is -2.42. The Hall–Kier alpha value is -2.25. The summed E-state index contributed by atoms with van der Waals surface area (Å²) in [5, 5.41) is 0. The number of hydrogen-bond donors (Lipinski definition) is 0. The van der Waals surface area contributed by atoms with Crippen LogP contribution in [0.25, 0.3) is 0 Å². The fraction of sp³-hybridized carbons (Fsp3) is 0.526. The molecule has 2 fully saturated rings. The van der Waals surface area contributed by atoms with Gasteiger partial charge in [-0.25, -0.2) is 4.98 Å². The maximum absolute atomic E-state index is 12.8. The van der Waals surface area contributed by atoms with Crippen LogP contribution in [0.2, 0.25) is 0 Å². The summed E-state index contributed by atoms with van der Waals surface area (Å²) in [6.45, 7) is 6.43. The first-order valence-corrected chi connectivity index (χ1v) is 9.12. The normalized spacial score (nSPS) is 24.1. The summed E-state index contributed by atoms with van der Waals surface area (Å²) >= 11 is 0. The van der Waals surface area contributed by atoms with Gasteiger partial charge in [0.2, 0.25) is 5.76 Å². The zero-order valence-corrected chi connectivity index (χ0v) is 15.0. The second kappa shape index (κ2) is 7.55. The van der Waals surface area contributed by atoms with Crippen LogP contribution in [0.5, 0.6) is 0 Å². The molecule has 1 amide bonds. The van der Waals surface area contributed by atoms with Crippen molar-refractivity contribution >= 4 is 5.91 Å². The predicted octanol–water partition coefficient (Wildman–Crippen LogP) is 1.74. The van der Waals surface area contributed by atoms with Crippen molar-refractivity contribution in [2.45, 2.75) is 25.9 Å². The number of ether oxygens (including phenoxy) is 1. The fourth-order valence-corrected chi connectivity index (χ4v) is 3.92. The number of carbonyl (C=O) groups excluding carboxylic acids is 1. The molecule has 0 spiro atoms. The maximum Gasteiger partial charge on any atom is 0.291 e. The molecule has 0 saturated carbocycles. The molecule has 2 saturated heterocycles. The molecule has 2 aliphatic heterocycles. The van der Waals surface area contributed by atoms with Crippen LogP contribution in [-0.4, -0.2) is 64.6 Å². The van der Waals surface area contributed by atoms with Gasteiger partial charge in [-0.1, -0.05) is 0 Å². The number of rotatable bonds is 3. The third kappa shape index (κ3) is 3.50. The molecule has 2 aromatic rings. The predicted molar refractivity (Wildman–Crippen MR) is 94.5 cm³/mol. The first-order chi connectivity index (χ1) is 12.7. The minimum atomic E-state index is -0.0625. The smallest absolute Gasteiger partial charge is 0.291 e. The molecule has 0 aliphatic carbocycles. The van der Waals surface area contributed by atoms with E-state index >= 15 is 0 Å². The summed E-state index contributed by atoms with van der Waals surface area (Å²) in [5.41, 5.74) is 1.88. The lowest BCUT2D eigenvalue weighted by atomic mass is 9.90.